The van der Waals surface area contributed by atoms with Crippen LogP contribution in [0.3, 0.4) is 0 Å². The molecule has 0 saturated carbocycles. The summed E-state index contributed by atoms with van der Waals surface area (Å²) < 4.78 is 9.60. The van der Waals surface area contributed by atoms with Crippen LogP contribution in [0.2, 0.25) is 0 Å². The van der Waals surface area contributed by atoms with Crippen molar-refractivity contribution >= 4 is 92.9 Å². The number of benzene rings is 11. The van der Waals surface area contributed by atoms with Gasteiger partial charge in [-0.15, -0.1) is 0 Å². The van der Waals surface area contributed by atoms with E-state index in [1.54, 1.807) is 0 Å². The Morgan fingerprint density at radius 3 is 1.08 bits per heavy atom. The van der Waals surface area contributed by atoms with E-state index in [0.29, 0.717) is 11.3 Å². The maximum absolute atomic E-state index is 12.7. The van der Waals surface area contributed by atoms with Gasteiger partial charge in [0.05, 0.1) is 73.7 Å². The van der Waals surface area contributed by atoms with Crippen molar-refractivity contribution in [2.75, 3.05) is 0 Å². The van der Waals surface area contributed by atoms with Gasteiger partial charge in [-0.1, -0.05) is 215 Å². The molecular formula is C83H66N6. The Morgan fingerprint density at radius 1 is 0.371 bits per heavy atom. The number of aromatic nitrogens is 4. The van der Waals surface area contributed by atoms with Crippen molar-refractivity contribution < 1.29 is 0 Å². The number of nitriles is 1. The summed E-state index contributed by atoms with van der Waals surface area (Å²) >= 11 is 0. The number of nitrogens with zero attached hydrogens (tertiary/aromatic N) is 6. The summed E-state index contributed by atoms with van der Waals surface area (Å²) in [5, 5.41) is 21.7. The normalized spacial score (nSPS) is 14.9. The van der Waals surface area contributed by atoms with Crippen LogP contribution in [0, 0.1) is 17.9 Å². The first-order valence-electron chi connectivity index (χ1n) is 31.3. The van der Waals surface area contributed by atoms with Crippen molar-refractivity contribution in [1.82, 2.24) is 18.3 Å². The Labute approximate surface area is 518 Å². The molecule has 0 aliphatic heterocycles. The van der Waals surface area contributed by atoms with Crippen molar-refractivity contribution in [3.05, 3.63) is 269 Å². The van der Waals surface area contributed by atoms with Crippen LogP contribution in [0.1, 0.15) is 108 Å². The zero-order valence-electron chi connectivity index (χ0n) is 52.0. The molecule has 1 spiro atoms. The largest absolute Gasteiger partial charge is 0.319 e. The highest BCUT2D eigenvalue weighted by atomic mass is 15.1. The zero-order valence-corrected chi connectivity index (χ0v) is 52.0. The SMILES string of the molecule is [C-]#[N+]c1c(C#N)c(-n2c3ccccc3c3cc4c5ccccc5n(-c5ccccc5)c4cc32)c2c(c1-n1c3ccccc3c3cc4c5ccccc5n(-c5ccccc5)c4cc31)C(C)(C)C1(c3cc(C(C)(C)C)ccc3-c3ccc(C(C)(C)C)cc31)C2(C)C. The topological polar surface area (TPSA) is 47.9 Å². The molecule has 4 aromatic heterocycles. The average molecular weight is 1150 g/mol. The van der Waals surface area contributed by atoms with E-state index < -0.39 is 16.2 Å². The van der Waals surface area contributed by atoms with Crippen LogP contribution in [0.25, 0.3) is 126 Å². The molecule has 0 N–H and O–H groups in total. The van der Waals surface area contributed by atoms with Crippen LogP contribution in [-0.4, -0.2) is 18.3 Å². The summed E-state index contributed by atoms with van der Waals surface area (Å²) in [4.78, 5) is 4.81. The third kappa shape index (κ3) is 6.68. The van der Waals surface area contributed by atoms with Crippen LogP contribution in [0.15, 0.2) is 218 Å². The number of rotatable bonds is 4. The fourth-order valence-electron chi connectivity index (χ4n) is 17.4. The molecule has 0 fully saturated rings. The summed E-state index contributed by atoms with van der Waals surface area (Å²) in [6.07, 6.45) is 0. The molecule has 0 radical (unpaired) electrons. The maximum atomic E-state index is 12.7. The molecule has 2 aliphatic rings. The highest BCUT2D eigenvalue weighted by molar-refractivity contribution is 6.21. The van der Waals surface area contributed by atoms with Gasteiger partial charge in [-0.25, -0.2) is 4.85 Å². The van der Waals surface area contributed by atoms with Gasteiger partial charge in [0.1, 0.15) is 0 Å². The molecular weight excluding hydrogens is 1080 g/mol. The van der Waals surface area contributed by atoms with Crippen LogP contribution in [-0.2, 0) is 27.1 Å². The predicted octanol–water partition coefficient (Wildman–Crippen LogP) is 21.6. The summed E-state index contributed by atoms with van der Waals surface area (Å²) in [5.41, 5.74) is 19.7. The second-order valence-electron chi connectivity index (χ2n) is 28.3. The number of para-hydroxylation sites is 6. The monoisotopic (exact) mass is 1150 g/mol. The third-order valence-corrected chi connectivity index (χ3v) is 21.0. The molecule has 89 heavy (non-hydrogen) atoms. The first kappa shape index (κ1) is 52.9. The summed E-state index contributed by atoms with van der Waals surface area (Å²) in [6, 6.07) is 83.3. The van der Waals surface area contributed by atoms with Crippen LogP contribution < -0.4 is 0 Å². The fraction of sp³-hybridized carbons (Fsp3) is 0.181. The van der Waals surface area contributed by atoms with Gasteiger partial charge < -0.3 is 18.3 Å². The highest BCUT2D eigenvalue weighted by Crippen LogP contribution is 2.74. The van der Waals surface area contributed by atoms with Gasteiger partial charge in [-0.3, -0.25) is 0 Å². The van der Waals surface area contributed by atoms with E-state index in [0.717, 1.165) is 110 Å². The van der Waals surface area contributed by atoms with Crippen molar-refractivity contribution in [2.24, 2.45) is 0 Å². The minimum atomic E-state index is -0.790. The van der Waals surface area contributed by atoms with Crippen molar-refractivity contribution in [1.29, 1.82) is 5.26 Å². The standard InChI is InChI=1S/C83H66N6/c1-79(2,3)49-38-40-53-54-41-39-50(80(4,5)6)43-65(54)83(64(53)42-49)81(7,8)74-75(82(83,9)10)78(89-69-37-25-21-33-58(69)62-45-60-56-31-19-23-35-67(56)87(71(60)47-73(62)89)52-28-16-13-17-29-52)76(85-11)63(48-84)77(74)88-68-36-24-20-32-57(68)61-44-59-55-30-18-22-34-66(55)86(70(59)46-72(61)88)51-26-14-12-15-27-51/h12-47H,1-10H3. The molecule has 0 bridgehead atoms. The van der Waals surface area contributed by atoms with Crippen LogP contribution in [0.4, 0.5) is 5.69 Å². The Balaban J connectivity index is 1.10. The van der Waals surface area contributed by atoms with Gasteiger partial charge in [-0.05, 0) is 128 Å². The second-order valence-corrected chi connectivity index (χ2v) is 28.3. The average Bonchev–Trinajstić information content (AvgIpc) is 1.47. The number of hydrogen-bond acceptors (Lipinski definition) is 1. The first-order chi connectivity index (χ1) is 42.9. The van der Waals surface area contributed by atoms with Gasteiger partial charge in [0.2, 0.25) is 5.69 Å². The summed E-state index contributed by atoms with van der Waals surface area (Å²) in [6.45, 7) is 33.8. The van der Waals surface area contributed by atoms with Gasteiger partial charge in [0.25, 0.3) is 0 Å². The van der Waals surface area contributed by atoms with Crippen LogP contribution >= 0.6 is 0 Å². The number of fused-ring (bicyclic) bond motifs is 18. The summed E-state index contributed by atoms with van der Waals surface area (Å²) in [5.74, 6) is 0. The molecule has 428 valence electrons. The first-order valence-corrected chi connectivity index (χ1v) is 31.3. The quantitative estimate of drug-likeness (QED) is 0.162. The zero-order chi connectivity index (χ0) is 61.0. The lowest BCUT2D eigenvalue weighted by molar-refractivity contribution is 0.231. The third-order valence-electron chi connectivity index (χ3n) is 21.0. The lowest BCUT2D eigenvalue weighted by atomic mass is 9.52. The van der Waals surface area contributed by atoms with Gasteiger partial charge >= 0.3 is 0 Å². The van der Waals surface area contributed by atoms with Crippen molar-refractivity contribution in [3.63, 3.8) is 0 Å². The van der Waals surface area contributed by atoms with E-state index in [1.807, 2.05) is 0 Å². The highest BCUT2D eigenvalue weighted by Gasteiger charge is 2.69. The van der Waals surface area contributed by atoms with Crippen LogP contribution in [0.5, 0.6) is 0 Å². The lowest BCUT2D eigenvalue weighted by Gasteiger charge is -2.50. The molecule has 0 atom stereocenters. The molecule has 0 amide bonds. The smallest absolute Gasteiger partial charge is 0.230 e. The van der Waals surface area contributed by atoms with Gasteiger partial charge in [0, 0.05) is 70.7 Å². The fourth-order valence-corrected chi connectivity index (χ4v) is 17.4. The van der Waals surface area contributed by atoms with E-state index in [-0.39, 0.29) is 10.8 Å². The Kier molecular flexibility index (Phi) is 10.6. The molecule has 6 nitrogen and oxygen atoms in total. The minimum absolute atomic E-state index is 0.171. The van der Waals surface area contributed by atoms with Gasteiger partial charge in [0.15, 0.2) is 0 Å². The molecule has 6 heteroatoms. The lowest BCUT2D eigenvalue weighted by Crippen LogP contribution is -2.51. The molecule has 17 rings (SSSR count). The molecule has 15 aromatic rings. The van der Waals surface area contributed by atoms with E-state index >= 15 is 0 Å². The minimum Gasteiger partial charge on any atom is -0.319 e. The summed E-state index contributed by atoms with van der Waals surface area (Å²) in [7, 11) is 0. The Morgan fingerprint density at radius 2 is 0.708 bits per heavy atom. The van der Waals surface area contributed by atoms with E-state index in [9.17, 15) is 11.8 Å². The van der Waals surface area contributed by atoms with E-state index in [4.69, 9.17) is 4.85 Å². The molecule has 0 saturated heterocycles. The Bertz CT molecular complexity index is 5350. The van der Waals surface area contributed by atoms with Crippen molar-refractivity contribution in [2.45, 2.75) is 96.3 Å². The molecule has 0 unspecified atom stereocenters. The van der Waals surface area contributed by atoms with Crippen molar-refractivity contribution in [3.8, 4) is 39.9 Å². The predicted molar refractivity (Wildman–Crippen MR) is 371 cm³/mol. The maximum Gasteiger partial charge on any atom is 0.230 e. The Hall–Kier alpha value is -10.4. The van der Waals surface area contributed by atoms with Gasteiger partial charge in [-0.2, -0.15) is 5.26 Å². The molecule has 2 aliphatic carbocycles. The second kappa shape index (κ2) is 17.9. The van der Waals surface area contributed by atoms with E-state index in [1.165, 1.54) is 44.2 Å². The number of hydrogen-bond donors (Lipinski definition) is 0. The molecule has 4 heterocycles. The molecule has 11 aromatic carbocycles. The van der Waals surface area contributed by atoms with E-state index in [2.05, 4.69) is 312 Å².